The maximum atomic E-state index is 13.1. The predicted octanol–water partition coefficient (Wildman–Crippen LogP) is 6.09. The Balaban J connectivity index is 2.00. The lowest BCUT2D eigenvalue weighted by molar-refractivity contribution is -0.112. The van der Waals surface area contributed by atoms with E-state index in [1.807, 2.05) is 19.1 Å². The summed E-state index contributed by atoms with van der Waals surface area (Å²) in [5.41, 5.74) is 5.54. The van der Waals surface area contributed by atoms with Crippen LogP contribution in [-0.4, -0.2) is 17.5 Å². The molecule has 0 bridgehead atoms. The molecular formula is C26H28FN3O. The van der Waals surface area contributed by atoms with Crippen LogP contribution in [0.3, 0.4) is 0 Å². The zero-order valence-corrected chi connectivity index (χ0v) is 18.9. The van der Waals surface area contributed by atoms with Gasteiger partial charge in [-0.2, -0.15) is 5.26 Å². The highest BCUT2D eigenvalue weighted by Gasteiger charge is 2.33. The van der Waals surface area contributed by atoms with E-state index in [9.17, 15) is 14.4 Å². The molecule has 0 fully saturated rings. The lowest BCUT2D eigenvalue weighted by Crippen LogP contribution is -2.49. The number of hydrogen-bond acceptors (Lipinski definition) is 3. The molecule has 1 aliphatic rings. The number of benzene rings is 2. The van der Waals surface area contributed by atoms with Gasteiger partial charge in [-0.3, -0.25) is 4.79 Å². The second-order valence-electron chi connectivity index (χ2n) is 8.80. The van der Waals surface area contributed by atoms with Crippen molar-refractivity contribution in [2.75, 3.05) is 10.2 Å². The first-order chi connectivity index (χ1) is 14.5. The standard InChI is InChI=1S/C26H28FN3O/c1-16(2)30-24-11-17(3)19(13-23(24)18(4)14-26(30,5)6)12-20(15-28)25(31)29-22-9-7-21(27)8-10-22/h7-14,16H,1-6H3,(H,29,31)/b20-12-. The number of allylic oxidation sites excluding steroid dienone is 1. The SMILES string of the molecule is CC1=CC(C)(C)N(C(C)C)c2cc(C)c(/C=C(/C#N)C(=O)Nc3ccc(F)cc3)cc21. The van der Waals surface area contributed by atoms with Crippen LogP contribution in [-0.2, 0) is 4.79 Å². The third-order valence-electron chi connectivity index (χ3n) is 5.54. The van der Waals surface area contributed by atoms with E-state index in [1.54, 1.807) is 6.08 Å². The van der Waals surface area contributed by atoms with Crippen molar-refractivity contribution in [3.8, 4) is 6.07 Å². The van der Waals surface area contributed by atoms with Crippen molar-refractivity contribution in [3.05, 3.63) is 70.6 Å². The van der Waals surface area contributed by atoms with Gasteiger partial charge in [-0.15, -0.1) is 0 Å². The fraction of sp³-hybridized carbons (Fsp3) is 0.308. The first-order valence-corrected chi connectivity index (χ1v) is 10.4. The van der Waals surface area contributed by atoms with Crippen molar-refractivity contribution in [1.82, 2.24) is 0 Å². The van der Waals surface area contributed by atoms with Crippen molar-refractivity contribution >= 4 is 28.9 Å². The average Bonchev–Trinajstić information content (AvgIpc) is 2.67. The van der Waals surface area contributed by atoms with E-state index in [0.29, 0.717) is 11.7 Å². The van der Waals surface area contributed by atoms with Crippen molar-refractivity contribution in [2.24, 2.45) is 0 Å². The predicted molar refractivity (Wildman–Crippen MR) is 125 cm³/mol. The molecule has 1 aliphatic heterocycles. The zero-order chi connectivity index (χ0) is 22.9. The number of amides is 1. The Kier molecular flexibility index (Phi) is 6.03. The van der Waals surface area contributed by atoms with Crippen molar-refractivity contribution in [1.29, 1.82) is 5.26 Å². The highest BCUT2D eigenvalue weighted by molar-refractivity contribution is 6.09. The van der Waals surface area contributed by atoms with Crippen LogP contribution in [0.5, 0.6) is 0 Å². The summed E-state index contributed by atoms with van der Waals surface area (Å²) >= 11 is 0. The van der Waals surface area contributed by atoms with Crippen LogP contribution in [0.15, 0.2) is 48.0 Å². The van der Waals surface area contributed by atoms with Crippen molar-refractivity contribution in [2.45, 2.75) is 53.1 Å². The lowest BCUT2D eigenvalue weighted by Gasteiger charge is -2.46. The van der Waals surface area contributed by atoms with E-state index in [-0.39, 0.29) is 16.9 Å². The Hall–Kier alpha value is -3.39. The minimum atomic E-state index is -0.525. The summed E-state index contributed by atoms with van der Waals surface area (Å²) in [7, 11) is 0. The number of rotatable bonds is 4. The number of carbonyl (C=O) groups is 1. The molecule has 5 heteroatoms. The smallest absolute Gasteiger partial charge is 0.266 e. The van der Waals surface area contributed by atoms with Gasteiger partial charge in [-0.1, -0.05) is 6.08 Å². The number of carbonyl (C=O) groups excluding carboxylic acids is 1. The van der Waals surface area contributed by atoms with Crippen molar-refractivity contribution < 1.29 is 9.18 Å². The molecule has 0 spiro atoms. The Morgan fingerprint density at radius 1 is 1.19 bits per heavy atom. The Bertz CT molecular complexity index is 1120. The molecule has 160 valence electrons. The number of nitriles is 1. The molecule has 31 heavy (non-hydrogen) atoms. The van der Waals surface area contributed by atoms with Gasteiger partial charge in [-0.25, -0.2) is 4.39 Å². The molecular weight excluding hydrogens is 389 g/mol. The first-order valence-electron chi connectivity index (χ1n) is 10.4. The molecule has 3 rings (SSSR count). The van der Waals surface area contributed by atoms with Gasteiger partial charge in [0, 0.05) is 23.0 Å². The maximum absolute atomic E-state index is 13.1. The average molecular weight is 418 g/mol. The van der Waals surface area contributed by atoms with Crippen LogP contribution in [0.2, 0.25) is 0 Å². The van der Waals surface area contributed by atoms with Crippen molar-refractivity contribution in [3.63, 3.8) is 0 Å². The van der Waals surface area contributed by atoms with E-state index < -0.39 is 5.91 Å². The summed E-state index contributed by atoms with van der Waals surface area (Å²) in [6.07, 6.45) is 3.87. The summed E-state index contributed by atoms with van der Waals surface area (Å²) < 4.78 is 13.1. The topological polar surface area (TPSA) is 56.1 Å². The highest BCUT2D eigenvalue weighted by Crippen LogP contribution is 2.41. The second kappa shape index (κ2) is 8.39. The Labute approximate surface area is 183 Å². The van der Waals surface area contributed by atoms with E-state index in [4.69, 9.17) is 0 Å². The van der Waals surface area contributed by atoms with Gasteiger partial charge in [0.2, 0.25) is 0 Å². The number of anilines is 2. The fourth-order valence-electron chi connectivity index (χ4n) is 4.35. The second-order valence-corrected chi connectivity index (χ2v) is 8.80. The lowest BCUT2D eigenvalue weighted by atomic mass is 9.85. The van der Waals surface area contributed by atoms with Crippen LogP contribution >= 0.6 is 0 Å². The number of nitrogens with one attached hydrogen (secondary N) is 1. The van der Waals surface area contributed by atoms with Crippen LogP contribution in [0.4, 0.5) is 15.8 Å². The molecule has 1 amide bonds. The first kappa shape index (κ1) is 22.3. The summed E-state index contributed by atoms with van der Waals surface area (Å²) in [6, 6.07) is 11.9. The third kappa shape index (κ3) is 4.54. The van der Waals surface area contributed by atoms with Gasteiger partial charge in [0.1, 0.15) is 17.5 Å². The van der Waals surface area contributed by atoms with E-state index >= 15 is 0 Å². The molecule has 2 aromatic carbocycles. The number of halogens is 1. The summed E-state index contributed by atoms with van der Waals surface area (Å²) in [5, 5.41) is 12.2. The molecule has 2 aromatic rings. The zero-order valence-electron chi connectivity index (χ0n) is 18.9. The van der Waals surface area contributed by atoms with Crippen LogP contribution in [0.25, 0.3) is 11.6 Å². The molecule has 0 saturated heterocycles. The van der Waals surface area contributed by atoms with Gasteiger partial charge in [-0.05, 0) is 101 Å². The van der Waals surface area contributed by atoms with Crippen LogP contribution in [0.1, 0.15) is 51.3 Å². The molecule has 0 radical (unpaired) electrons. The Morgan fingerprint density at radius 2 is 1.84 bits per heavy atom. The van der Waals surface area contributed by atoms with Gasteiger partial charge in [0.05, 0.1) is 5.54 Å². The third-order valence-corrected chi connectivity index (χ3v) is 5.54. The molecule has 0 unspecified atom stereocenters. The van der Waals surface area contributed by atoms with Crippen LogP contribution in [0, 0.1) is 24.1 Å². The highest BCUT2D eigenvalue weighted by atomic mass is 19.1. The Morgan fingerprint density at radius 3 is 2.42 bits per heavy atom. The normalized spacial score (nSPS) is 15.3. The van der Waals surface area contributed by atoms with Gasteiger partial charge < -0.3 is 10.2 Å². The fourth-order valence-corrected chi connectivity index (χ4v) is 4.35. The molecule has 4 nitrogen and oxygen atoms in total. The summed E-state index contributed by atoms with van der Waals surface area (Å²) in [6.45, 7) is 12.8. The molecule has 0 aliphatic carbocycles. The van der Waals surface area contributed by atoms with E-state index in [2.05, 4.69) is 57.0 Å². The van der Waals surface area contributed by atoms with Gasteiger partial charge >= 0.3 is 0 Å². The molecule has 0 aromatic heterocycles. The van der Waals surface area contributed by atoms with Gasteiger partial charge in [0.25, 0.3) is 5.91 Å². The summed E-state index contributed by atoms with van der Waals surface area (Å²) in [4.78, 5) is 15.0. The number of aryl methyl sites for hydroxylation is 1. The minimum Gasteiger partial charge on any atom is -0.360 e. The molecule has 0 atom stereocenters. The van der Waals surface area contributed by atoms with Crippen LogP contribution < -0.4 is 10.2 Å². The minimum absolute atomic E-state index is 0.00846. The maximum Gasteiger partial charge on any atom is 0.266 e. The quantitative estimate of drug-likeness (QED) is 0.484. The number of fused-ring (bicyclic) bond motifs is 1. The van der Waals surface area contributed by atoms with E-state index in [0.717, 1.165) is 22.4 Å². The van der Waals surface area contributed by atoms with E-state index in [1.165, 1.54) is 29.8 Å². The molecule has 1 heterocycles. The molecule has 0 saturated carbocycles. The number of hydrogen-bond donors (Lipinski definition) is 1. The van der Waals surface area contributed by atoms with Gasteiger partial charge in [0.15, 0.2) is 0 Å². The molecule has 1 N–H and O–H groups in total. The number of nitrogens with zero attached hydrogens (tertiary/aromatic N) is 2. The monoisotopic (exact) mass is 417 g/mol. The largest absolute Gasteiger partial charge is 0.360 e. The summed E-state index contributed by atoms with van der Waals surface area (Å²) in [5.74, 6) is -0.913.